The fraction of sp³-hybridized carbons (Fsp3) is 0.455. The molecule has 5 nitrogen and oxygen atoms in total. The summed E-state index contributed by atoms with van der Waals surface area (Å²) in [6.07, 6.45) is 1.09. The topological polar surface area (TPSA) is 60.5 Å². The van der Waals surface area contributed by atoms with Crippen molar-refractivity contribution < 1.29 is 14.3 Å². The van der Waals surface area contributed by atoms with Crippen LogP contribution in [0.25, 0.3) is 0 Å². The minimum absolute atomic E-state index is 0.00218. The number of hydrogen-bond acceptors (Lipinski definition) is 4. The van der Waals surface area contributed by atoms with E-state index in [1.54, 1.807) is 25.3 Å². The van der Waals surface area contributed by atoms with Gasteiger partial charge in [0, 0.05) is 6.20 Å². The normalized spacial score (nSPS) is 10.0. The van der Waals surface area contributed by atoms with E-state index in [0.717, 1.165) is 0 Å². The van der Waals surface area contributed by atoms with Crippen molar-refractivity contribution in [1.29, 1.82) is 0 Å². The maximum atomic E-state index is 11.2. The van der Waals surface area contributed by atoms with Crippen LogP contribution in [0, 0.1) is 0 Å². The summed E-state index contributed by atoms with van der Waals surface area (Å²) in [5.41, 5.74) is 0.509. The Morgan fingerprint density at radius 2 is 2.31 bits per heavy atom. The molecule has 0 aromatic carbocycles. The predicted molar refractivity (Wildman–Crippen MR) is 60.6 cm³/mol. The van der Waals surface area contributed by atoms with Gasteiger partial charge in [-0.3, -0.25) is 5.32 Å². The zero-order valence-corrected chi connectivity index (χ0v) is 9.69. The molecule has 88 valence electrons. The lowest BCUT2D eigenvalue weighted by Gasteiger charge is -2.13. The molecular formula is C11H16N2O3. The fourth-order valence-electron chi connectivity index (χ4n) is 1.08. The maximum Gasteiger partial charge on any atom is 0.411 e. The molecule has 1 heterocycles. The number of carbonyl (C=O) groups excluding carboxylic acids is 1. The van der Waals surface area contributed by atoms with E-state index in [0.29, 0.717) is 18.2 Å². The summed E-state index contributed by atoms with van der Waals surface area (Å²) in [7, 11) is 0. The first-order valence-electron chi connectivity index (χ1n) is 5.19. The molecule has 0 aliphatic carbocycles. The number of nitrogens with one attached hydrogen (secondary N) is 1. The molecule has 1 rings (SSSR count). The lowest BCUT2D eigenvalue weighted by Crippen LogP contribution is -2.16. The second kappa shape index (κ2) is 5.95. The van der Waals surface area contributed by atoms with E-state index in [1.807, 2.05) is 13.8 Å². The number of rotatable bonds is 4. The molecule has 1 aromatic rings. The molecule has 0 saturated heterocycles. The highest BCUT2D eigenvalue weighted by Gasteiger charge is 2.09. The van der Waals surface area contributed by atoms with Crippen LogP contribution < -0.4 is 10.1 Å². The molecule has 0 aliphatic heterocycles. The molecule has 0 bridgehead atoms. The van der Waals surface area contributed by atoms with Crippen molar-refractivity contribution in [2.24, 2.45) is 0 Å². The minimum atomic E-state index is -0.510. The third kappa shape index (κ3) is 3.76. The number of aromatic nitrogens is 1. The van der Waals surface area contributed by atoms with E-state index in [4.69, 9.17) is 9.47 Å². The third-order valence-electron chi connectivity index (χ3n) is 1.63. The summed E-state index contributed by atoms with van der Waals surface area (Å²) in [6, 6.07) is 3.43. The predicted octanol–water partition coefficient (Wildman–Crippen LogP) is 2.44. The highest BCUT2D eigenvalue weighted by atomic mass is 16.5. The van der Waals surface area contributed by atoms with E-state index >= 15 is 0 Å². The van der Waals surface area contributed by atoms with Crippen LogP contribution in [0.5, 0.6) is 5.88 Å². The number of carbonyl (C=O) groups is 1. The molecule has 1 N–H and O–H groups in total. The maximum absolute atomic E-state index is 11.2. The van der Waals surface area contributed by atoms with Crippen LogP contribution >= 0.6 is 0 Å². The van der Waals surface area contributed by atoms with Crippen molar-refractivity contribution in [1.82, 2.24) is 4.98 Å². The molecule has 1 amide bonds. The lowest BCUT2D eigenvalue weighted by atomic mass is 10.4. The van der Waals surface area contributed by atoms with E-state index in [9.17, 15) is 4.79 Å². The van der Waals surface area contributed by atoms with Crippen molar-refractivity contribution in [2.75, 3.05) is 11.9 Å². The molecule has 0 radical (unpaired) electrons. The molecule has 0 atom stereocenters. The third-order valence-corrected chi connectivity index (χ3v) is 1.63. The Hall–Kier alpha value is -1.78. The number of ether oxygens (including phenoxy) is 2. The SMILES string of the molecule is CCOC(=O)Nc1cccnc1OC(C)C. The quantitative estimate of drug-likeness (QED) is 0.853. The van der Waals surface area contributed by atoms with Gasteiger partial charge in [0.25, 0.3) is 0 Å². The number of pyridine rings is 1. The van der Waals surface area contributed by atoms with Crippen molar-refractivity contribution in [3.05, 3.63) is 18.3 Å². The zero-order chi connectivity index (χ0) is 12.0. The van der Waals surface area contributed by atoms with Crippen molar-refractivity contribution in [3.8, 4) is 5.88 Å². The minimum Gasteiger partial charge on any atom is -0.473 e. The Kier molecular flexibility index (Phi) is 4.57. The van der Waals surface area contributed by atoms with Gasteiger partial charge in [-0.2, -0.15) is 0 Å². The number of nitrogens with zero attached hydrogens (tertiary/aromatic N) is 1. The Bertz CT molecular complexity index is 353. The fourth-order valence-corrected chi connectivity index (χ4v) is 1.08. The van der Waals surface area contributed by atoms with E-state index < -0.39 is 6.09 Å². The summed E-state index contributed by atoms with van der Waals surface area (Å²) in [4.78, 5) is 15.3. The summed E-state index contributed by atoms with van der Waals surface area (Å²) in [6.45, 7) is 5.85. The molecule has 1 aromatic heterocycles. The number of anilines is 1. The van der Waals surface area contributed by atoms with Gasteiger partial charge in [0.15, 0.2) is 0 Å². The van der Waals surface area contributed by atoms with Gasteiger partial charge in [0.1, 0.15) is 5.69 Å². The number of hydrogen-bond donors (Lipinski definition) is 1. The second-order valence-electron chi connectivity index (χ2n) is 3.37. The molecule has 0 spiro atoms. The molecule has 0 saturated carbocycles. The molecule has 5 heteroatoms. The van der Waals surface area contributed by atoms with Gasteiger partial charge in [0.2, 0.25) is 5.88 Å². The Balaban J connectivity index is 2.74. The number of amides is 1. The van der Waals surface area contributed by atoms with Crippen LogP contribution in [0.2, 0.25) is 0 Å². The van der Waals surface area contributed by atoms with E-state index in [2.05, 4.69) is 10.3 Å². The van der Waals surface area contributed by atoms with Crippen LogP contribution in [0.4, 0.5) is 10.5 Å². The lowest BCUT2D eigenvalue weighted by molar-refractivity contribution is 0.167. The van der Waals surface area contributed by atoms with Gasteiger partial charge in [0.05, 0.1) is 12.7 Å². The van der Waals surface area contributed by atoms with Crippen molar-refractivity contribution >= 4 is 11.8 Å². The Labute approximate surface area is 94.8 Å². The molecule has 16 heavy (non-hydrogen) atoms. The van der Waals surface area contributed by atoms with Gasteiger partial charge in [-0.15, -0.1) is 0 Å². The summed E-state index contributed by atoms with van der Waals surface area (Å²) in [5.74, 6) is 0.394. The van der Waals surface area contributed by atoms with Crippen LogP contribution in [-0.4, -0.2) is 23.8 Å². The van der Waals surface area contributed by atoms with Gasteiger partial charge < -0.3 is 9.47 Å². The summed E-state index contributed by atoms with van der Waals surface area (Å²) in [5, 5.41) is 2.57. The van der Waals surface area contributed by atoms with Crippen LogP contribution in [0.1, 0.15) is 20.8 Å². The highest BCUT2D eigenvalue weighted by molar-refractivity contribution is 5.86. The summed E-state index contributed by atoms with van der Waals surface area (Å²) >= 11 is 0. The van der Waals surface area contributed by atoms with Gasteiger partial charge in [-0.05, 0) is 32.9 Å². The average molecular weight is 224 g/mol. The molecular weight excluding hydrogens is 208 g/mol. The first-order chi connectivity index (χ1) is 7.63. The average Bonchev–Trinajstić information content (AvgIpc) is 2.20. The largest absolute Gasteiger partial charge is 0.473 e. The van der Waals surface area contributed by atoms with Crippen LogP contribution in [-0.2, 0) is 4.74 Å². The summed E-state index contributed by atoms with van der Waals surface area (Å²) < 4.78 is 10.2. The highest BCUT2D eigenvalue weighted by Crippen LogP contribution is 2.21. The molecule has 0 fully saturated rings. The Morgan fingerprint density at radius 1 is 1.56 bits per heavy atom. The van der Waals surface area contributed by atoms with E-state index in [1.165, 1.54) is 0 Å². The van der Waals surface area contributed by atoms with Crippen LogP contribution in [0.15, 0.2) is 18.3 Å². The van der Waals surface area contributed by atoms with Crippen molar-refractivity contribution in [2.45, 2.75) is 26.9 Å². The van der Waals surface area contributed by atoms with Crippen molar-refractivity contribution in [3.63, 3.8) is 0 Å². The first kappa shape index (κ1) is 12.3. The van der Waals surface area contributed by atoms with Crippen LogP contribution in [0.3, 0.4) is 0 Å². The first-order valence-corrected chi connectivity index (χ1v) is 5.19. The molecule has 0 aliphatic rings. The smallest absolute Gasteiger partial charge is 0.411 e. The monoisotopic (exact) mass is 224 g/mol. The standard InChI is InChI=1S/C11H16N2O3/c1-4-15-11(14)13-9-6-5-7-12-10(9)16-8(2)3/h5-8H,4H2,1-3H3,(H,13,14). The van der Waals surface area contributed by atoms with Gasteiger partial charge in [-0.1, -0.05) is 0 Å². The second-order valence-corrected chi connectivity index (χ2v) is 3.37. The molecule has 0 unspecified atom stereocenters. The van der Waals surface area contributed by atoms with E-state index in [-0.39, 0.29) is 6.10 Å². The zero-order valence-electron chi connectivity index (χ0n) is 9.69. The van der Waals surface area contributed by atoms with Gasteiger partial charge >= 0.3 is 6.09 Å². The Morgan fingerprint density at radius 3 is 2.94 bits per heavy atom. The van der Waals surface area contributed by atoms with Gasteiger partial charge in [-0.25, -0.2) is 9.78 Å².